The number of benzene rings is 1. The lowest BCUT2D eigenvalue weighted by Gasteiger charge is -2.42. The van der Waals surface area contributed by atoms with E-state index in [1.165, 1.54) is 5.52 Å². The monoisotopic (exact) mass is 331 g/mol. The molecule has 0 saturated carbocycles. The van der Waals surface area contributed by atoms with E-state index < -0.39 is 0 Å². The zero-order chi connectivity index (χ0) is 17.6. The minimum Gasteiger partial charge on any atom is -0.352 e. The Morgan fingerprint density at radius 2 is 1.92 bits per heavy atom. The number of hydrogen-bond acceptors (Lipinski definition) is 4. The molecule has 0 N–H and O–H groups in total. The van der Waals surface area contributed by atoms with Crippen LogP contribution < -0.4 is 4.90 Å². The second kappa shape index (κ2) is 5.59. The molecule has 1 fully saturated rings. The molecule has 4 rings (SSSR count). The number of fused-ring (bicyclic) bond motifs is 1. The molecule has 25 heavy (non-hydrogen) atoms. The Hall–Kier alpha value is -2.87. The van der Waals surface area contributed by atoms with Crippen LogP contribution in [-0.2, 0) is 5.41 Å². The molecule has 2 aromatic heterocycles. The molecule has 1 saturated heterocycles. The summed E-state index contributed by atoms with van der Waals surface area (Å²) < 4.78 is 2.39. The van der Waals surface area contributed by atoms with E-state index in [2.05, 4.69) is 59.5 Å². The van der Waals surface area contributed by atoms with Crippen molar-refractivity contribution < 1.29 is 0 Å². The Balaban J connectivity index is 1.67. The molecule has 5 nitrogen and oxygen atoms in total. The van der Waals surface area contributed by atoms with Crippen LogP contribution in [0.1, 0.15) is 38.2 Å². The lowest BCUT2D eigenvalue weighted by Crippen LogP contribution is -2.49. The number of imidazole rings is 1. The zero-order valence-electron chi connectivity index (χ0n) is 14.8. The van der Waals surface area contributed by atoms with E-state index in [0.717, 1.165) is 30.2 Å². The van der Waals surface area contributed by atoms with Gasteiger partial charge in [0.05, 0.1) is 28.7 Å². The summed E-state index contributed by atoms with van der Waals surface area (Å²) in [4.78, 5) is 11.5. The van der Waals surface area contributed by atoms with Crippen LogP contribution in [-0.4, -0.2) is 27.6 Å². The maximum absolute atomic E-state index is 9.07. The smallest absolute Gasteiger partial charge is 0.129 e. The molecule has 0 unspecified atom stereocenters. The largest absolute Gasteiger partial charge is 0.352 e. The molecular formula is C20H21N5. The Morgan fingerprint density at radius 3 is 2.64 bits per heavy atom. The molecule has 126 valence electrons. The van der Waals surface area contributed by atoms with Gasteiger partial charge in [-0.25, -0.2) is 9.97 Å². The Kier molecular flexibility index (Phi) is 3.50. The van der Waals surface area contributed by atoms with Gasteiger partial charge in [0.15, 0.2) is 0 Å². The van der Waals surface area contributed by atoms with E-state index in [-0.39, 0.29) is 5.41 Å². The third-order valence-electron chi connectivity index (χ3n) is 4.69. The molecule has 0 spiro atoms. The van der Waals surface area contributed by atoms with E-state index in [9.17, 15) is 0 Å². The van der Waals surface area contributed by atoms with E-state index in [0.29, 0.717) is 11.6 Å². The fourth-order valence-corrected chi connectivity index (χ4v) is 3.41. The minimum absolute atomic E-state index is 0.0155. The molecule has 0 radical (unpaired) electrons. The number of hydrogen-bond donors (Lipinski definition) is 0. The summed E-state index contributed by atoms with van der Waals surface area (Å²) in [6.45, 7) is 8.38. The average Bonchev–Trinajstić information content (AvgIpc) is 2.94. The quantitative estimate of drug-likeness (QED) is 0.719. The molecule has 0 bridgehead atoms. The number of para-hydroxylation sites is 2. The van der Waals surface area contributed by atoms with Crippen LogP contribution in [0.15, 0.2) is 42.6 Å². The lowest BCUT2D eigenvalue weighted by molar-refractivity contribution is 0.371. The highest BCUT2D eigenvalue weighted by molar-refractivity contribution is 5.76. The molecular weight excluding hydrogens is 310 g/mol. The highest BCUT2D eigenvalue weighted by atomic mass is 15.3. The third kappa shape index (κ3) is 2.64. The van der Waals surface area contributed by atoms with Crippen molar-refractivity contribution in [3.8, 4) is 6.07 Å². The summed E-state index contributed by atoms with van der Waals surface area (Å²) in [7, 11) is 0. The number of rotatable bonds is 2. The van der Waals surface area contributed by atoms with Crippen LogP contribution in [0.3, 0.4) is 0 Å². The number of nitrogens with zero attached hydrogens (tertiary/aromatic N) is 5. The van der Waals surface area contributed by atoms with Crippen molar-refractivity contribution in [2.45, 2.75) is 32.2 Å². The second-order valence-electron chi connectivity index (χ2n) is 7.62. The summed E-state index contributed by atoms with van der Waals surface area (Å²) in [6.07, 6.45) is 1.70. The third-order valence-corrected chi connectivity index (χ3v) is 4.69. The van der Waals surface area contributed by atoms with E-state index >= 15 is 0 Å². The molecule has 0 aliphatic carbocycles. The minimum atomic E-state index is -0.0155. The predicted molar refractivity (Wildman–Crippen MR) is 98.6 cm³/mol. The topological polar surface area (TPSA) is 57.7 Å². The molecule has 5 heteroatoms. The molecule has 3 aromatic rings. The van der Waals surface area contributed by atoms with Crippen molar-refractivity contribution in [1.29, 1.82) is 5.26 Å². The van der Waals surface area contributed by atoms with E-state index in [4.69, 9.17) is 10.2 Å². The fourth-order valence-electron chi connectivity index (χ4n) is 3.41. The van der Waals surface area contributed by atoms with Gasteiger partial charge in [0.1, 0.15) is 11.6 Å². The van der Waals surface area contributed by atoms with Crippen molar-refractivity contribution in [1.82, 2.24) is 14.5 Å². The standard InChI is InChI=1S/C20H21N5/c1-20(2,3)19-23-16-6-4-5-7-17(16)25(19)15-12-24(13-15)18-10-14(11-21)8-9-22-18/h4-10,15H,12-13H2,1-3H3. The molecule has 1 aromatic carbocycles. The maximum atomic E-state index is 9.07. The Labute approximate surface area is 147 Å². The first kappa shape index (κ1) is 15.6. The summed E-state index contributed by atoms with van der Waals surface area (Å²) >= 11 is 0. The van der Waals surface area contributed by atoms with Crippen LogP contribution in [0.4, 0.5) is 5.82 Å². The van der Waals surface area contributed by atoms with Gasteiger partial charge in [-0.1, -0.05) is 32.9 Å². The lowest BCUT2D eigenvalue weighted by atomic mass is 9.94. The SMILES string of the molecule is CC(C)(C)c1nc2ccccc2n1C1CN(c2cc(C#N)ccn2)C1. The first-order chi connectivity index (χ1) is 12.0. The van der Waals surface area contributed by atoms with Crippen LogP contribution in [0.2, 0.25) is 0 Å². The molecule has 3 heterocycles. The van der Waals surface area contributed by atoms with Crippen LogP contribution in [0.25, 0.3) is 11.0 Å². The van der Waals surface area contributed by atoms with E-state index in [1.807, 2.05) is 12.1 Å². The van der Waals surface area contributed by atoms with E-state index in [1.54, 1.807) is 12.3 Å². The number of nitriles is 1. The normalized spacial score (nSPS) is 15.2. The summed E-state index contributed by atoms with van der Waals surface area (Å²) in [5.41, 5.74) is 2.88. The average molecular weight is 331 g/mol. The highest BCUT2D eigenvalue weighted by Gasteiger charge is 2.34. The van der Waals surface area contributed by atoms with Crippen LogP contribution in [0.5, 0.6) is 0 Å². The number of anilines is 1. The highest BCUT2D eigenvalue weighted by Crippen LogP contribution is 2.34. The van der Waals surface area contributed by atoms with Gasteiger partial charge in [-0.2, -0.15) is 5.26 Å². The molecule has 1 aliphatic heterocycles. The number of pyridine rings is 1. The second-order valence-corrected chi connectivity index (χ2v) is 7.62. The molecule has 0 amide bonds. The van der Waals surface area contributed by atoms with Crippen molar-refractivity contribution in [2.75, 3.05) is 18.0 Å². The van der Waals surface area contributed by atoms with Gasteiger partial charge in [-0.15, -0.1) is 0 Å². The van der Waals surface area contributed by atoms with Crippen molar-refractivity contribution in [3.05, 3.63) is 54.0 Å². The summed E-state index contributed by atoms with van der Waals surface area (Å²) in [5, 5.41) is 9.07. The van der Waals surface area contributed by atoms with Gasteiger partial charge in [0.2, 0.25) is 0 Å². The van der Waals surface area contributed by atoms with Crippen LogP contribution in [0, 0.1) is 11.3 Å². The Bertz CT molecular complexity index is 968. The van der Waals surface area contributed by atoms with Crippen molar-refractivity contribution >= 4 is 16.9 Å². The van der Waals surface area contributed by atoms with Crippen LogP contribution >= 0.6 is 0 Å². The van der Waals surface area contributed by atoms with Gasteiger partial charge in [0.25, 0.3) is 0 Å². The molecule has 0 atom stereocenters. The Morgan fingerprint density at radius 1 is 1.16 bits per heavy atom. The summed E-state index contributed by atoms with van der Waals surface area (Å²) in [5.74, 6) is 1.99. The summed E-state index contributed by atoms with van der Waals surface area (Å²) in [6, 6.07) is 14.5. The first-order valence-corrected chi connectivity index (χ1v) is 8.56. The van der Waals surface area contributed by atoms with Gasteiger partial charge in [-0.3, -0.25) is 0 Å². The predicted octanol–water partition coefficient (Wildman–Crippen LogP) is 3.66. The maximum Gasteiger partial charge on any atom is 0.129 e. The number of aromatic nitrogens is 3. The van der Waals surface area contributed by atoms with Gasteiger partial charge < -0.3 is 9.47 Å². The van der Waals surface area contributed by atoms with Gasteiger partial charge in [-0.05, 0) is 24.3 Å². The first-order valence-electron chi connectivity index (χ1n) is 8.56. The molecule has 1 aliphatic rings. The van der Waals surface area contributed by atoms with Gasteiger partial charge in [0, 0.05) is 24.7 Å². The van der Waals surface area contributed by atoms with Gasteiger partial charge >= 0.3 is 0 Å². The zero-order valence-corrected chi connectivity index (χ0v) is 14.8. The van der Waals surface area contributed by atoms with Crippen molar-refractivity contribution in [3.63, 3.8) is 0 Å². The van der Waals surface area contributed by atoms with Crippen molar-refractivity contribution in [2.24, 2.45) is 0 Å². The fraction of sp³-hybridized carbons (Fsp3) is 0.350.